The summed E-state index contributed by atoms with van der Waals surface area (Å²) in [5, 5.41) is 0. The summed E-state index contributed by atoms with van der Waals surface area (Å²) in [6.07, 6.45) is 4.37. The van der Waals surface area contributed by atoms with Crippen LogP contribution in [0.1, 0.15) is 38.2 Å². The van der Waals surface area contributed by atoms with Crippen molar-refractivity contribution in [1.82, 2.24) is 4.90 Å². The van der Waals surface area contributed by atoms with Gasteiger partial charge < -0.3 is 14.4 Å². The molecule has 0 spiro atoms. The van der Waals surface area contributed by atoms with Crippen LogP contribution in [0.5, 0.6) is 11.5 Å². The standard InChI is InChI=1S/C23H30N2O5S/c1-3-29-20-10-8-19(9-11-20)24-31(27,28)21-12-13-22(18(2)16-21)30-17-23(26)25-14-6-4-5-7-15-25/h8-13,16,24H,3-7,14-15,17H2,1-2H3. The molecule has 1 aliphatic heterocycles. The first-order valence-electron chi connectivity index (χ1n) is 10.7. The molecule has 1 aliphatic rings. The number of aryl methyl sites for hydroxylation is 1. The minimum Gasteiger partial charge on any atom is -0.494 e. The van der Waals surface area contributed by atoms with Gasteiger partial charge in [0, 0.05) is 18.8 Å². The van der Waals surface area contributed by atoms with E-state index in [0.29, 0.717) is 29.4 Å². The molecule has 1 heterocycles. The number of sulfonamides is 1. The Morgan fingerprint density at radius 2 is 1.68 bits per heavy atom. The second kappa shape index (κ2) is 10.5. The number of carbonyl (C=O) groups is 1. The molecule has 1 N–H and O–H groups in total. The number of anilines is 1. The first-order valence-corrected chi connectivity index (χ1v) is 12.1. The lowest BCUT2D eigenvalue weighted by Crippen LogP contribution is -2.35. The summed E-state index contributed by atoms with van der Waals surface area (Å²) in [4.78, 5) is 14.4. The van der Waals surface area contributed by atoms with E-state index in [0.717, 1.165) is 38.8 Å². The van der Waals surface area contributed by atoms with Gasteiger partial charge in [0.25, 0.3) is 15.9 Å². The van der Waals surface area contributed by atoms with Crippen LogP contribution in [0.4, 0.5) is 5.69 Å². The quantitative estimate of drug-likeness (QED) is 0.663. The van der Waals surface area contributed by atoms with Gasteiger partial charge in [0.1, 0.15) is 11.5 Å². The van der Waals surface area contributed by atoms with E-state index in [1.165, 1.54) is 6.07 Å². The maximum Gasteiger partial charge on any atom is 0.261 e. The maximum absolute atomic E-state index is 12.7. The lowest BCUT2D eigenvalue weighted by Gasteiger charge is -2.20. The minimum atomic E-state index is -3.75. The average molecular weight is 447 g/mol. The van der Waals surface area contributed by atoms with Crippen LogP contribution in [0.25, 0.3) is 0 Å². The lowest BCUT2D eigenvalue weighted by molar-refractivity contribution is -0.133. The predicted octanol–water partition coefficient (Wildman–Crippen LogP) is 3.98. The monoisotopic (exact) mass is 446 g/mol. The summed E-state index contributed by atoms with van der Waals surface area (Å²) in [6.45, 7) is 5.70. The van der Waals surface area contributed by atoms with Crippen molar-refractivity contribution in [3.8, 4) is 11.5 Å². The van der Waals surface area contributed by atoms with Crippen molar-refractivity contribution < 1.29 is 22.7 Å². The van der Waals surface area contributed by atoms with Gasteiger partial charge in [0.15, 0.2) is 6.61 Å². The van der Waals surface area contributed by atoms with E-state index in [2.05, 4.69) is 4.72 Å². The molecule has 8 heteroatoms. The van der Waals surface area contributed by atoms with Crippen LogP contribution in [-0.4, -0.2) is 45.5 Å². The van der Waals surface area contributed by atoms with E-state index in [9.17, 15) is 13.2 Å². The third kappa shape index (κ3) is 6.37. The first kappa shape index (κ1) is 22.9. The molecule has 0 aliphatic carbocycles. The molecule has 31 heavy (non-hydrogen) atoms. The molecule has 0 unspecified atom stereocenters. The summed E-state index contributed by atoms with van der Waals surface area (Å²) in [7, 11) is -3.75. The Morgan fingerprint density at radius 3 is 2.29 bits per heavy atom. The lowest BCUT2D eigenvalue weighted by atomic mass is 10.2. The van der Waals surface area contributed by atoms with Crippen LogP contribution >= 0.6 is 0 Å². The molecule has 168 valence electrons. The van der Waals surface area contributed by atoms with Gasteiger partial charge in [-0.05, 0) is 74.7 Å². The van der Waals surface area contributed by atoms with E-state index in [1.807, 2.05) is 11.8 Å². The summed E-state index contributed by atoms with van der Waals surface area (Å²) in [5.41, 5.74) is 1.10. The Balaban J connectivity index is 1.62. The van der Waals surface area contributed by atoms with Crippen molar-refractivity contribution in [2.75, 3.05) is 31.0 Å². The van der Waals surface area contributed by atoms with Gasteiger partial charge >= 0.3 is 0 Å². The molecule has 0 atom stereocenters. The van der Waals surface area contributed by atoms with E-state index in [-0.39, 0.29) is 17.4 Å². The highest BCUT2D eigenvalue weighted by atomic mass is 32.2. The Morgan fingerprint density at radius 1 is 1.00 bits per heavy atom. The second-order valence-corrected chi connectivity index (χ2v) is 9.26. The Hall–Kier alpha value is -2.74. The van der Waals surface area contributed by atoms with Crippen molar-refractivity contribution in [2.45, 2.75) is 44.4 Å². The fourth-order valence-electron chi connectivity index (χ4n) is 3.50. The molecule has 1 fully saturated rings. The van der Waals surface area contributed by atoms with Gasteiger partial charge in [0.2, 0.25) is 0 Å². The SMILES string of the molecule is CCOc1ccc(NS(=O)(=O)c2ccc(OCC(=O)N3CCCCCC3)c(C)c2)cc1. The minimum absolute atomic E-state index is 0.0323. The van der Waals surface area contributed by atoms with Gasteiger partial charge in [-0.2, -0.15) is 0 Å². The fraction of sp³-hybridized carbons (Fsp3) is 0.435. The Kier molecular flexibility index (Phi) is 7.79. The van der Waals surface area contributed by atoms with Crippen LogP contribution in [0.2, 0.25) is 0 Å². The van der Waals surface area contributed by atoms with E-state index in [1.54, 1.807) is 43.3 Å². The number of ether oxygens (including phenoxy) is 2. The maximum atomic E-state index is 12.7. The molecular formula is C23H30N2O5S. The molecule has 0 aromatic heterocycles. The molecule has 2 aromatic rings. The molecule has 3 rings (SSSR count). The molecule has 0 bridgehead atoms. The number of nitrogens with one attached hydrogen (secondary N) is 1. The van der Waals surface area contributed by atoms with Crippen molar-refractivity contribution in [1.29, 1.82) is 0 Å². The number of benzene rings is 2. The van der Waals surface area contributed by atoms with Gasteiger partial charge in [0.05, 0.1) is 11.5 Å². The number of nitrogens with zero attached hydrogens (tertiary/aromatic N) is 1. The third-order valence-electron chi connectivity index (χ3n) is 5.18. The Bertz CT molecular complexity index is 982. The summed E-state index contributed by atoms with van der Waals surface area (Å²) in [5.74, 6) is 1.15. The molecule has 1 saturated heterocycles. The largest absolute Gasteiger partial charge is 0.494 e. The second-order valence-electron chi connectivity index (χ2n) is 7.57. The van der Waals surface area contributed by atoms with Crippen molar-refractivity contribution >= 4 is 21.6 Å². The van der Waals surface area contributed by atoms with Crippen molar-refractivity contribution in [2.24, 2.45) is 0 Å². The number of likely N-dealkylation sites (tertiary alicyclic amines) is 1. The van der Waals surface area contributed by atoms with Crippen LogP contribution in [-0.2, 0) is 14.8 Å². The summed E-state index contributed by atoms with van der Waals surface area (Å²) >= 11 is 0. The molecule has 0 radical (unpaired) electrons. The zero-order chi connectivity index (χ0) is 22.3. The topological polar surface area (TPSA) is 84.9 Å². The fourth-order valence-corrected chi connectivity index (χ4v) is 4.65. The molecule has 1 amide bonds. The van der Waals surface area contributed by atoms with Crippen LogP contribution in [0.3, 0.4) is 0 Å². The van der Waals surface area contributed by atoms with Crippen LogP contribution in [0, 0.1) is 6.92 Å². The van der Waals surface area contributed by atoms with Gasteiger partial charge in [-0.15, -0.1) is 0 Å². The van der Waals surface area contributed by atoms with Crippen LogP contribution in [0.15, 0.2) is 47.4 Å². The van der Waals surface area contributed by atoms with Crippen molar-refractivity contribution in [3.05, 3.63) is 48.0 Å². The number of hydrogen-bond acceptors (Lipinski definition) is 5. The zero-order valence-corrected chi connectivity index (χ0v) is 18.9. The highest BCUT2D eigenvalue weighted by Crippen LogP contribution is 2.24. The molecule has 0 saturated carbocycles. The van der Waals surface area contributed by atoms with Gasteiger partial charge in [-0.25, -0.2) is 8.42 Å². The van der Waals surface area contributed by atoms with Gasteiger partial charge in [-0.3, -0.25) is 9.52 Å². The van der Waals surface area contributed by atoms with Crippen LogP contribution < -0.4 is 14.2 Å². The number of hydrogen-bond donors (Lipinski definition) is 1. The average Bonchev–Trinajstić information content (AvgIpc) is 3.04. The highest BCUT2D eigenvalue weighted by Gasteiger charge is 2.18. The van der Waals surface area contributed by atoms with E-state index >= 15 is 0 Å². The Labute approximate surface area is 184 Å². The smallest absolute Gasteiger partial charge is 0.261 e. The predicted molar refractivity (Wildman–Crippen MR) is 120 cm³/mol. The highest BCUT2D eigenvalue weighted by molar-refractivity contribution is 7.92. The number of amides is 1. The van der Waals surface area contributed by atoms with E-state index in [4.69, 9.17) is 9.47 Å². The number of rotatable bonds is 8. The normalized spacial score (nSPS) is 14.6. The van der Waals surface area contributed by atoms with Crippen molar-refractivity contribution in [3.63, 3.8) is 0 Å². The number of carbonyl (C=O) groups excluding carboxylic acids is 1. The first-order chi connectivity index (χ1) is 14.9. The molecule has 2 aromatic carbocycles. The third-order valence-corrected chi connectivity index (χ3v) is 6.56. The summed E-state index contributed by atoms with van der Waals surface area (Å²) in [6, 6.07) is 11.4. The van der Waals surface area contributed by atoms with E-state index < -0.39 is 10.0 Å². The molecule has 7 nitrogen and oxygen atoms in total. The van der Waals surface area contributed by atoms with Gasteiger partial charge in [-0.1, -0.05) is 12.8 Å². The molecular weight excluding hydrogens is 416 g/mol. The summed E-state index contributed by atoms with van der Waals surface area (Å²) < 4.78 is 39.1. The zero-order valence-electron chi connectivity index (χ0n) is 18.1.